The number of rotatable bonds is 6. The molecule has 144 valence electrons. The lowest BCUT2D eigenvalue weighted by Crippen LogP contribution is -2.48. The van der Waals surface area contributed by atoms with Crippen LogP contribution < -0.4 is 5.32 Å². The number of likely N-dealkylation sites (N-methyl/N-ethyl adjacent to an activating group) is 1. The van der Waals surface area contributed by atoms with E-state index >= 15 is 0 Å². The fraction of sp³-hybridized carbons (Fsp3) is 0.429. The Kier molecular flexibility index (Phi) is 6.29. The van der Waals surface area contributed by atoms with Crippen LogP contribution in [0.25, 0.3) is 0 Å². The highest BCUT2D eigenvalue weighted by Crippen LogP contribution is 2.31. The molecule has 6 nitrogen and oxygen atoms in total. The van der Waals surface area contributed by atoms with Crippen molar-refractivity contribution in [1.82, 2.24) is 15.1 Å². The molecular weight excluding hydrogens is 342 g/mol. The van der Waals surface area contributed by atoms with Crippen LogP contribution in [0.4, 0.5) is 0 Å². The number of hydrogen-bond acceptors (Lipinski definition) is 4. The maximum atomic E-state index is 12.8. The summed E-state index contributed by atoms with van der Waals surface area (Å²) in [5.41, 5.74) is 1.68. The predicted molar refractivity (Wildman–Crippen MR) is 103 cm³/mol. The molecule has 1 fully saturated rings. The van der Waals surface area contributed by atoms with Crippen molar-refractivity contribution < 1.29 is 14.0 Å². The number of nitrogens with one attached hydrogen (secondary N) is 1. The Morgan fingerprint density at radius 3 is 2.63 bits per heavy atom. The molecule has 0 bridgehead atoms. The van der Waals surface area contributed by atoms with Crippen LogP contribution in [0, 0.1) is 5.92 Å². The smallest absolute Gasteiger partial charge is 0.257 e. The van der Waals surface area contributed by atoms with Gasteiger partial charge in [-0.15, -0.1) is 0 Å². The van der Waals surface area contributed by atoms with Gasteiger partial charge in [-0.1, -0.05) is 30.3 Å². The van der Waals surface area contributed by atoms with E-state index in [-0.39, 0.29) is 23.7 Å². The minimum Gasteiger partial charge on any atom is -0.472 e. The fourth-order valence-electron chi connectivity index (χ4n) is 3.54. The van der Waals surface area contributed by atoms with Gasteiger partial charge in [0.2, 0.25) is 5.91 Å². The molecule has 3 rings (SSSR count). The number of likely N-dealkylation sites (tertiary alicyclic amines) is 1. The second-order valence-corrected chi connectivity index (χ2v) is 7.36. The van der Waals surface area contributed by atoms with Crippen molar-refractivity contribution in [3.8, 4) is 0 Å². The van der Waals surface area contributed by atoms with Gasteiger partial charge in [0.15, 0.2) is 0 Å². The normalized spacial score (nSPS) is 19.9. The molecule has 1 aromatic carbocycles. The van der Waals surface area contributed by atoms with Gasteiger partial charge in [-0.25, -0.2) is 0 Å². The minimum atomic E-state index is -0.220. The first kappa shape index (κ1) is 19.2. The van der Waals surface area contributed by atoms with Gasteiger partial charge in [0.05, 0.1) is 17.7 Å². The Balaban J connectivity index is 1.74. The molecule has 1 saturated heterocycles. The maximum Gasteiger partial charge on any atom is 0.257 e. The largest absolute Gasteiger partial charge is 0.472 e. The zero-order chi connectivity index (χ0) is 19.2. The number of amides is 2. The highest BCUT2D eigenvalue weighted by molar-refractivity contribution is 5.94. The molecule has 6 heteroatoms. The summed E-state index contributed by atoms with van der Waals surface area (Å²) in [7, 11) is 3.95. The molecular formula is C21H27N3O3. The van der Waals surface area contributed by atoms with Crippen molar-refractivity contribution in [3.63, 3.8) is 0 Å². The van der Waals surface area contributed by atoms with E-state index in [2.05, 4.69) is 17.4 Å². The van der Waals surface area contributed by atoms with Crippen LogP contribution in [-0.4, -0.2) is 61.9 Å². The summed E-state index contributed by atoms with van der Waals surface area (Å²) in [6, 6.07) is 11.8. The quantitative estimate of drug-likeness (QED) is 0.848. The van der Waals surface area contributed by atoms with Crippen LogP contribution in [0.15, 0.2) is 53.3 Å². The van der Waals surface area contributed by atoms with E-state index in [1.165, 1.54) is 12.5 Å². The molecule has 2 heterocycles. The summed E-state index contributed by atoms with van der Waals surface area (Å²) < 4.78 is 5.06. The Hall–Kier alpha value is -2.60. The third kappa shape index (κ3) is 4.98. The Bertz CT molecular complexity index is 743. The summed E-state index contributed by atoms with van der Waals surface area (Å²) >= 11 is 0. The molecule has 1 aliphatic rings. The van der Waals surface area contributed by atoms with Gasteiger partial charge in [0.1, 0.15) is 6.26 Å². The molecule has 27 heavy (non-hydrogen) atoms. The molecule has 0 spiro atoms. The summed E-state index contributed by atoms with van der Waals surface area (Å²) in [5, 5.41) is 3.01. The number of furan rings is 1. The first-order valence-corrected chi connectivity index (χ1v) is 9.33. The van der Waals surface area contributed by atoms with Gasteiger partial charge in [-0.05, 0) is 32.1 Å². The molecule has 1 N–H and O–H groups in total. The van der Waals surface area contributed by atoms with Crippen molar-refractivity contribution >= 4 is 11.8 Å². The Morgan fingerprint density at radius 2 is 1.96 bits per heavy atom. The number of carbonyl (C=O) groups is 2. The highest BCUT2D eigenvalue weighted by atomic mass is 16.3. The van der Waals surface area contributed by atoms with Crippen molar-refractivity contribution in [2.24, 2.45) is 5.92 Å². The second kappa shape index (κ2) is 8.86. The topological polar surface area (TPSA) is 65.8 Å². The van der Waals surface area contributed by atoms with E-state index < -0.39 is 0 Å². The summed E-state index contributed by atoms with van der Waals surface area (Å²) in [4.78, 5) is 29.4. The van der Waals surface area contributed by atoms with Gasteiger partial charge in [-0.3, -0.25) is 9.59 Å². The maximum absolute atomic E-state index is 12.8. The van der Waals surface area contributed by atoms with Gasteiger partial charge >= 0.3 is 0 Å². The molecule has 2 aromatic rings. The second-order valence-electron chi connectivity index (χ2n) is 7.36. The first-order valence-electron chi connectivity index (χ1n) is 9.33. The van der Waals surface area contributed by atoms with Crippen LogP contribution in [0.2, 0.25) is 0 Å². The molecule has 0 saturated carbocycles. The van der Waals surface area contributed by atoms with Gasteiger partial charge in [0, 0.05) is 32.1 Å². The van der Waals surface area contributed by atoms with Gasteiger partial charge < -0.3 is 19.5 Å². The van der Waals surface area contributed by atoms with Crippen LogP contribution in [-0.2, 0) is 4.79 Å². The molecule has 0 aliphatic carbocycles. The molecule has 2 atom stereocenters. The lowest BCUT2D eigenvalue weighted by Gasteiger charge is -2.37. The minimum absolute atomic E-state index is 0.0162. The molecule has 1 aliphatic heterocycles. The standard InChI is InChI=1S/C21H27N3O3/c1-23(2)10-9-22-20(25)19-12-18(16-6-4-3-5-7-16)13-24(14-19)21(26)17-8-11-27-15-17/h3-8,11,15,18-19H,9-10,12-14H2,1-2H3,(H,22,25). The average molecular weight is 369 g/mol. The van der Waals surface area contributed by atoms with Crippen LogP contribution in [0.3, 0.4) is 0 Å². The summed E-state index contributed by atoms with van der Waals surface area (Å²) in [6.45, 7) is 2.43. The zero-order valence-corrected chi connectivity index (χ0v) is 15.9. The van der Waals surface area contributed by atoms with Crippen molar-refractivity contribution in [2.45, 2.75) is 12.3 Å². The Labute approximate surface area is 160 Å². The van der Waals surface area contributed by atoms with E-state index in [4.69, 9.17) is 4.42 Å². The van der Waals surface area contributed by atoms with Crippen LogP contribution in [0.5, 0.6) is 0 Å². The van der Waals surface area contributed by atoms with Crippen LogP contribution in [0.1, 0.15) is 28.3 Å². The molecule has 2 amide bonds. The number of benzene rings is 1. The zero-order valence-electron chi connectivity index (χ0n) is 15.9. The van der Waals surface area contributed by atoms with Gasteiger partial charge in [-0.2, -0.15) is 0 Å². The number of carbonyl (C=O) groups excluding carboxylic acids is 2. The highest BCUT2D eigenvalue weighted by Gasteiger charge is 2.34. The molecule has 0 radical (unpaired) electrons. The fourth-order valence-corrected chi connectivity index (χ4v) is 3.54. The molecule has 1 aromatic heterocycles. The van der Waals surface area contributed by atoms with E-state index in [1.807, 2.05) is 37.2 Å². The third-order valence-electron chi connectivity index (χ3n) is 5.01. The van der Waals surface area contributed by atoms with Crippen molar-refractivity contribution in [3.05, 3.63) is 60.1 Å². The van der Waals surface area contributed by atoms with E-state index in [1.54, 1.807) is 11.0 Å². The monoisotopic (exact) mass is 369 g/mol. The number of nitrogens with zero attached hydrogens (tertiary/aromatic N) is 2. The van der Waals surface area contributed by atoms with Crippen molar-refractivity contribution in [2.75, 3.05) is 40.3 Å². The predicted octanol–water partition coefficient (Wildman–Crippen LogP) is 2.20. The van der Waals surface area contributed by atoms with Crippen molar-refractivity contribution in [1.29, 1.82) is 0 Å². The number of piperidine rings is 1. The lowest BCUT2D eigenvalue weighted by molar-refractivity contribution is -0.126. The Morgan fingerprint density at radius 1 is 1.19 bits per heavy atom. The van der Waals surface area contributed by atoms with E-state index in [9.17, 15) is 9.59 Å². The molecule has 2 unspecified atom stereocenters. The first-order chi connectivity index (χ1) is 13.0. The lowest BCUT2D eigenvalue weighted by atomic mass is 9.84. The van der Waals surface area contributed by atoms with Gasteiger partial charge in [0.25, 0.3) is 5.91 Å². The summed E-state index contributed by atoms with van der Waals surface area (Å²) in [6.07, 6.45) is 3.70. The number of hydrogen-bond donors (Lipinski definition) is 1. The third-order valence-corrected chi connectivity index (χ3v) is 5.01. The summed E-state index contributed by atoms with van der Waals surface area (Å²) in [5.74, 6) is -0.152. The van der Waals surface area contributed by atoms with E-state index in [0.717, 1.165) is 18.5 Å². The SMILES string of the molecule is CN(C)CCNC(=O)C1CC(c2ccccc2)CN(C(=O)c2ccoc2)C1. The van der Waals surface area contributed by atoms with Crippen LogP contribution >= 0.6 is 0 Å². The van der Waals surface area contributed by atoms with E-state index in [0.29, 0.717) is 25.2 Å². The average Bonchev–Trinajstić information content (AvgIpc) is 3.22.